The summed E-state index contributed by atoms with van der Waals surface area (Å²) in [5.41, 5.74) is -0.542. The van der Waals surface area contributed by atoms with Gasteiger partial charge in [-0.05, 0) is 111 Å². The summed E-state index contributed by atoms with van der Waals surface area (Å²) in [7, 11) is 0. The number of aliphatic hydroxyl groups is 3. The summed E-state index contributed by atoms with van der Waals surface area (Å²) in [5.74, 6) is 1.72. The maximum Gasteiger partial charge on any atom is 0.219 e. The van der Waals surface area contributed by atoms with Crippen LogP contribution < -0.4 is 0 Å². The molecule has 3 N–H and O–H groups in total. The van der Waals surface area contributed by atoms with E-state index in [0.717, 1.165) is 38.5 Å². The Morgan fingerprint density at radius 1 is 1.00 bits per heavy atom. The minimum Gasteiger partial charge on any atom is -0.393 e. The molecule has 39 heavy (non-hydrogen) atoms. The van der Waals surface area contributed by atoms with Gasteiger partial charge >= 0.3 is 0 Å². The van der Waals surface area contributed by atoms with Gasteiger partial charge in [0.05, 0.1) is 30.0 Å². The molecule has 6 fully saturated rings. The molecule has 6 heteroatoms. The van der Waals surface area contributed by atoms with Crippen LogP contribution in [0.4, 0.5) is 0 Å². The minimum atomic E-state index is -0.964. The Hall–Kier alpha value is -0.690. The number of carbonyl (C=O) groups excluding carboxylic acids is 1. The largest absolute Gasteiger partial charge is 0.393 e. The first kappa shape index (κ1) is 28.4. The predicted octanol–water partition coefficient (Wildman–Crippen LogP) is 4.78. The Balaban J connectivity index is 1.29. The van der Waals surface area contributed by atoms with E-state index in [4.69, 9.17) is 4.74 Å². The van der Waals surface area contributed by atoms with Crippen molar-refractivity contribution in [2.75, 3.05) is 13.1 Å². The van der Waals surface area contributed by atoms with Gasteiger partial charge in [0.2, 0.25) is 5.91 Å². The molecule has 2 spiro atoms. The number of ether oxygens (including phenoxy) is 1. The highest BCUT2D eigenvalue weighted by Crippen LogP contribution is 2.89. The number of nitrogens with zero attached hydrogens (tertiary/aromatic N) is 1. The van der Waals surface area contributed by atoms with Gasteiger partial charge in [0.25, 0.3) is 0 Å². The molecule has 12 atom stereocenters. The Kier molecular flexibility index (Phi) is 6.16. The van der Waals surface area contributed by atoms with E-state index in [0.29, 0.717) is 41.0 Å². The number of carbonyl (C=O) groups is 1. The van der Waals surface area contributed by atoms with Crippen LogP contribution in [0, 0.1) is 50.7 Å². The summed E-state index contributed by atoms with van der Waals surface area (Å²) < 4.78 is 6.83. The van der Waals surface area contributed by atoms with Crippen molar-refractivity contribution in [1.82, 2.24) is 4.90 Å². The zero-order valence-corrected chi connectivity index (χ0v) is 25.8. The van der Waals surface area contributed by atoms with E-state index >= 15 is 0 Å². The molecular weight excluding hydrogens is 490 g/mol. The van der Waals surface area contributed by atoms with Crippen LogP contribution in [0.3, 0.4) is 0 Å². The summed E-state index contributed by atoms with van der Waals surface area (Å²) in [5, 5.41) is 33.7. The summed E-state index contributed by atoms with van der Waals surface area (Å²) in [6, 6.07) is 0. The van der Waals surface area contributed by atoms with E-state index in [1.807, 2.05) is 0 Å². The zero-order chi connectivity index (χ0) is 28.6. The lowest BCUT2D eigenvalue weighted by atomic mass is 9.41. The van der Waals surface area contributed by atoms with Crippen molar-refractivity contribution in [3.63, 3.8) is 0 Å². The van der Waals surface area contributed by atoms with Crippen molar-refractivity contribution in [1.29, 1.82) is 0 Å². The first-order valence-corrected chi connectivity index (χ1v) is 15.9. The van der Waals surface area contributed by atoms with Crippen LogP contribution in [0.15, 0.2) is 0 Å². The summed E-state index contributed by atoms with van der Waals surface area (Å²) in [6.07, 6.45) is 7.86. The average Bonchev–Trinajstić information content (AvgIpc) is 3.45. The summed E-state index contributed by atoms with van der Waals surface area (Å²) in [4.78, 5) is 14.2. The molecule has 3 unspecified atom stereocenters. The van der Waals surface area contributed by atoms with E-state index in [1.165, 1.54) is 12.8 Å². The predicted molar refractivity (Wildman–Crippen MR) is 151 cm³/mol. The lowest BCUT2D eigenvalue weighted by Crippen LogP contribution is -2.59. The van der Waals surface area contributed by atoms with Crippen molar-refractivity contribution in [2.24, 2.45) is 50.7 Å². The lowest BCUT2D eigenvalue weighted by Gasteiger charge is -2.63. The van der Waals surface area contributed by atoms with Crippen LogP contribution >= 0.6 is 0 Å². The normalized spacial score (nSPS) is 53.5. The molecule has 0 aromatic carbocycles. The van der Waals surface area contributed by atoms with E-state index in [9.17, 15) is 20.1 Å². The maximum absolute atomic E-state index is 12.4. The Bertz CT molecular complexity index is 1020. The van der Waals surface area contributed by atoms with Gasteiger partial charge in [-0.15, -0.1) is 0 Å². The number of hydrogen-bond donors (Lipinski definition) is 3. The molecule has 5 saturated carbocycles. The molecule has 0 radical (unpaired) electrons. The van der Waals surface area contributed by atoms with Crippen LogP contribution in [-0.4, -0.2) is 69.2 Å². The highest BCUT2D eigenvalue weighted by molar-refractivity contribution is 5.73. The highest BCUT2D eigenvalue weighted by Gasteiger charge is 2.84. The first-order chi connectivity index (χ1) is 17.9. The summed E-state index contributed by atoms with van der Waals surface area (Å²) in [6.45, 7) is 17.6. The second kappa shape index (κ2) is 8.45. The molecule has 5 aliphatic carbocycles. The smallest absolute Gasteiger partial charge is 0.219 e. The molecule has 6 nitrogen and oxygen atoms in total. The maximum atomic E-state index is 12.4. The number of aliphatic hydroxyl groups excluding tert-OH is 2. The zero-order valence-electron chi connectivity index (χ0n) is 25.8. The Morgan fingerprint density at radius 2 is 1.64 bits per heavy atom. The van der Waals surface area contributed by atoms with Gasteiger partial charge in [-0.2, -0.15) is 0 Å². The van der Waals surface area contributed by atoms with Crippen LogP contribution in [0.1, 0.15) is 107 Å². The third kappa shape index (κ3) is 3.56. The van der Waals surface area contributed by atoms with Gasteiger partial charge in [-0.1, -0.05) is 34.6 Å². The van der Waals surface area contributed by atoms with Crippen LogP contribution in [-0.2, 0) is 9.53 Å². The van der Waals surface area contributed by atoms with E-state index < -0.39 is 11.7 Å². The highest BCUT2D eigenvalue weighted by atomic mass is 16.5. The quantitative estimate of drug-likeness (QED) is 0.473. The van der Waals surface area contributed by atoms with Crippen LogP contribution in [0.2, 0.25) is 0 Å². The fourth-order valence-electron chi connectivity index (χ4n) is 12.5. The topological polar surface area (TPSA) is 90.2 Å². The molecule has 6 aliphatic rings. The van der Waals surface area contributed by atoms with Crippen LogP contribution in [0.5, 0.6) is 0 Å². The number of hydrogen-bond acceptors (Lipinski definition) is 5. The Morgan fingerprint density at radius 3 is 2.28 bits per heavy atom. The molecule has 0 aromatic rings. The minimum absolute atomic E-state index is 0.0189. The third-order valence-corrected chi connectivity index (χ3v) is 14.3. The second-order valence-electron chi connectivity index (χ2n) is 16.9. The van der Waals surface area contributed by atoms with Crippen molar-refractivity contribution in [3.05, 3.63) is 0 Å². The van der Waals surface area contributed by atoms with Gasteiger partial charge in [-0.25, -0.2) is 0 Å². The lowest BCUT2D eigenvalue weighted by molar-refractivity contribution is -0.182. The molecule has 1 saturated heterocycles. The van der Waals surface area contributed by atoms with E-state index in [-0.39, 0.29) is 47.0 Å². The molecule has 1 heterocycles. The molecule has 222 valence electrons. The van der Waals surface area contributed by atoms with Gasteiger partial charge in [0, 0.05) is 25.4 Å². The fourth-order valence-corrected chi connectivity index (χ4v) is 12.5. The standard InChI is InChI=1S/C33H55NO5/c1-19-15-21(16-34(20(2)35)18-28(3,4)38)39-26-25(19)30(7)13-14-33-17-32(33)12-11-24(36)29(5,6)22(32)9-10-23(33)31(30,8)27(26)37/h19,21-27,36-38H,9-18H2,1-8H3/t19-,21?,22+,23?,24+,25+,26?,27+,30-,31-,32-,33+/m1/s1. The second-order valence-corrected chi connectivity index (χ2v) is 16.9. The first-order valence-electron chi connectivity index (χ1n) is 15.9. The fraction of sp³-hybridized carbons (Fsp3) is 0.970. The van der Waals surface area contributed by atoms with Crippen molar-refractivity contribution in [3.8, 4) is 0 Å². The summed E-state index contributed by atoms with van der Waals surface area (Å²) >= 11 is 0. The van der Waals surface area contributed by atoms with Crippen molar-refractivity contribution >= 4 is 5.91 Å². The SMILES string of the molecule is CC(=O)N(CC1C[C@@H](C)[C@H]2C(O1)[C@H](O)[C@@]1(C)C3CC[C@H]4C(C)(C)[C@@H](O)CC[C@@]45C[C@@]35CC[C@]21C)CC(C)(C)O. The van der Waals surface area contributed by atoms with Gasteiger partial charge in [-0.3, -0.25) is 4.79 Å². The van der Waals surface area contributed by atoms with Gasteiger partial charge in [0.15, 0.2) is 0 Å². The van der Waals surface area contributed by atoms with E-state index in [2.05, 4.69) is 34.6 Å². The molecule has 1 amide bonds. The number of amides is 1. The van der Waals surface area contributed by atoms with Gasteiger partial charge < -0.3 is 25.0 Å². The molecular formula is C33H55NO5. The van der Waals surface area contributed by atoms with Crippen molar-refractivity contribution < 1.29 is 24.9 Å². The number of fused-ring (bicyclic) bond motifs is 4. The average molecular weight is 546 g/mol. The monoisotopic (exact) mass is 545 g/mol. The molecule has 0 aromatic heterocycles. The van der Waals surface area contributed by atoms with Gasteiger partial charge in [0.1, 0.15) is 0 Å². The molecule has 6 rings (SSSR count). The molecule has 0 bridgehead atoms. The third-order valence-electron chi connectivity index (χ3n) is 14.3. The van der Waals surface area contributed by atoms with Crippen LogP contribution in [0.25, 0.3) is 0 Å². The van der Waals surface area contributed by atoms with E-state index in [1.54, 1.807) is 25.7 Å². The molecule has 1 aliphatic heterocycles. The number of rotatable bonds is 4. The van der Waals surface area contributed by atoms with Crippen molar-refractivity contribution in [2.45, 2.75) is 137 Å². The Labute approximate surface area is 236 Å².